The topological polar surface area (TPSA) is 55.8 Å². The monoisotopic (exact) mass is 332 g/mol. The van der Waals surface area contributed by atoms with Crippen LogP contribution < -0.4 is 0 Å². The van der Waals surface area contributed by atoms with Crippen LogP contribution in [0.1, 0.15) is 59.8 Å². The molecule has 0 spiro atoms. The van der Waals surface area contributed by atoms with Crippen molar-refractivity contribution < 1.29 is 19.4 Å². The van der Waals surface area contributed by atoms with Crippen LogP contribution in [0.2, 0.25) is 0 Å². The zero-order valence-electron chi connectivity index (χ0n) is 15.1. The lowest BCUT2D eigenvalue weighted by molar-refractivity contribution is -0.177. The van der Waals surface area contributed by atoms with Crippen LogP contribution in [-0.4, -0.2) is 23.0 Å². The summed E-state index contributed by atoms with van der Waals surface area (Å²) in [6.45, 7) is 9.37. The van der Waals surface area contributed by atoms with Gasteiger partial charge < -0.3 is 14.6 Å². The van der Waals surface area contributed by atoms with Crippen LogP contribution in [0.3, 0.4) is 0 Å². The van der Waals surface area contributed by atoms with Crippen molar-refractivity contribution in [3.05, 3.63) is 23.5 Å². The second kappa shape index (κ2) is 4.87. The zero-order chi connectivity index (χ0) is 17.3. The first kappa shape index (κ1) is 16.2. The first-order valence-electron chi connectivity index (χ1n) is 9.17. The summed E-state index contributed by atoms with van der Waals surface area (Å²) in [5.41, 5.74) is 0.794. The number of carbonyl (C=O) groups excluding carboxylic acids is 1. The molecule has 2 aliphatic carbocycles. The van der Waals surface area contributed by atoms with Crippen molar-refractivity contribution >= 4 is 5.97 Å². The van der Waals surface area contributed by atoms with E-state index in [0.717, 1.165) is 12.8 Å². The molecule has 4 aliphatic rings. The minimum Gasteiger partial charge on any atom is -0.486 e. The molecule has 1 N–H and O–H groups in total. The number of esters is 1. The molecule has 0 aromatic rings. The molecule has 0 aromatic heterocycles. The van der Waals surface area contributed by atoms with Gasteiger partial charge in [-0.3, -0.25) is 0 Å². The number of cyclic esters (lactones) is 1. The molecular formula is C20H28O4. The molecule has 2 fully saturated rings. The Bertz CT molecular complexity index is 646. The Kier molecular flexibility index (Phi) is 3.29. The van der Waals surface area contributed by atoms with Gasteiger partial charge in [-0.1, -0.05) is 33.3 Å². The third-order valence-corrected chi connectivity index (χ3v) is 7.29. The zero-order valence-corrected chi connectivity index (χ0v) is 15.1. The molecule has 2 heterocycles. The summed E-state index contributed by atoms with van der Waals surface area (Å²) < 4.78 is 11.3. The van der Waals surface area contributed by atoms with Crippen molar-refractivity contribution in [1.82, 2.24) is 0 Å². The highest BCUT2D eigenvalue weighted by molar-refractivity contribution is 5.85. The minimum atomic E-state index is -1.21. The largest absolute Gasteiger partial charge is 0.486 e. The number of ether oxygens (including phenoxy) is 2. The normalized spacial score (nSPS) is 46.4. The van der Waals surface area contributed by atoms with E-state index >= 15 is 0 Å². The standard InChI is InChI=1S/C20H28O4/c1-18(2)7-5-8-19(3)14(18)6-9-20(4)15(19)10-12-13(24-20)11-16(21)23-17(12)22/h10-11,14-15,17,22H,5-9H2,1-4H3/t14-,15+,17+,19-,20-/m1/s1. The van der Waals surface area contributed by atoms with Gasteiger partial charge in [0.25, 0.3) is 0 Å². The number of aliphatic hydroxyl groups excluding tert-OH is 1. The van der Waals surface area contributed by atoms with Gasteiger partial charge >= 0.3 is 5.97 Å². The average molecular weight is 332 g/mol. The van der Waals surface area contributed by atoms with Gasteiger partial charge in [0.05, 0.1) is 11.6 Å². The minimum absolute atomic E-state index is 0.147. The fraction of sp³-hybridized carbons (Fsp3) is 0.750. The third-order valence-electron chi connectivity index (χ3n) is 7.29. The van der Waals surface area contributed by atoms with Gasteiger partial charge in [0.1, 0.15) is 11.4 Å². The van der Waals surface area contributed by atoms with E-state index in [1.54, 1.807) is 0 Å². The summed E-state index contributed by atoms with van der Waals surface area (Å²) >= 11 is 0. The summed E-state index contributed by atoms with van der Waals surface area (Å²) in [6, 6.07) is 0. The van der Waals surface area contributed by atoms with Gasteiger partial charge in [-0.2, -0.15) is 0 Å². The summed E-state index contributed by atoms with van der Waals surface area (Å²) in [5, 5.41) is 10.2. The van der Waals surface area contributed by atoms with Crippen molar-refractivity contribution in [2.45, 2.75) is 71.7 Å². The van der Waals surface area contributed by atoms with Gasteiger partial charge in [0.2, 0.25) is 6.29 Å². The van der Waals surface area contributed by atoms with Crippen LogP contribution in [-0.2, 0) is 14.3 Å². The lowest BCUT2D eigenvalue weighted by atomic mass is 9.45. The van der Waals surface area contributed by atoms with E-state index in [1.165, 1.54) is 25.3 Å². The van der Waals surface area contributed by atoms with E-state index in [4.69, 9.17) is 9.47 Å². The number of fused-ring (bicyclic) bond motifs is 4. The number of rotatable bonds is 0. The van der Waals surface area contributed by atoms with Crippen molar-refractivity contribution in [3.63, 3.8) is 0 Å². The van der Waals surface area contributed by atoms with E-state index in [-0.39, 0.29) is 16.9 Å². The Balaban J connectivity index is 1.81. The Hall–Kier alpha value is -1.29. The number of aliphatic hydroxyl groups is 1. The number of hydrogen-bond acceptors (Lipinski definition) is 4. The van der Waals surface area contributed by atoms with Crippen LogP contribution >= 0.6 is 0 Å². The molecule has 5 atom stereocenters. The van der Waals surface area contributed by atoms with Crippen LogP contribution in [0, 0.1) is 22.7 Å². The average Bonchev–Trinajstić information content (AvgIpc) is 2.44. The summed E-state index contributed by atoms with van der Waals surface area (Å²) in [4.78, 5) is 11.6. The Labute approximate surface area is 143 Å². The Morgan fingerprint density at radius 1 is 1.17 bits per heavy atom. The molecule has 2 aliphatic heterocycles. The molecule has 0 radical (unpaired) electrons. The van der Waals surface area contributed by atoms with E-state index < -0.39 is 12.3 Å². The maximum Gasteiger partial charge on any atom is 0.337 e. The van der Waals surface area contributed by atoms with Crippen LogP contribution in [0.15, 0.2) is 23.5 Å². The maximum atomic E-state index is 11.6. The molecule has 4 heteroatoms. The smallest absolute Gasteiger partial charge is 0.337 e. The van der Waals surface area contributed by atoms with Crippen molar-refractivity contribution in [2.24, 2.45) is 22.7 Å². The highest BCUT2D eigenvalue weighted by Crippen LogP contribution is 2.64. The van der Waals surface area contributed by atoms with Crippen LogP contribution in [0.4, 0.5) is 0 Å². The molecule has 132 valence electrons. The molecule has 4 rings (SSSR count). The molecule has 0 unspecified atom stereocenters. The van der Waals surface area contributed by atoms with E-state index in [9.17, 15) is 9.90 Å². The quantitative estimate of drug-likeness (QED) is 0.687. The second-order valence-corrected chi connectivity index (χ2v) is 9.25. The molecular weight excluding hydrogens is 304 g/mol. The fourth-order valence-electron chi connectivity index (χ4n) is 6.23. The van der Waals surface area contributed by atoms with Gasteiger partial charge in [-0.05, 0) is 49.4 Å². The second-order valence-electron chi connectivity index (χ2n) is 9.25. The van der Waals surface area contributed by atoms with Crippen molar-refractivity contribution in [3.8, 4) is 0 Å². The fourth-order valence-corrected chi connectivity index (χ4v) is 6.23. The van der Waals surface area contributed by atoms with Crippen LogP contribution in [0.5, 0.6) is 0 Å². The first-order valence-corrected chi connectivity index (χ1v) is 9.17. The van der Waals surface area contributed by atoms with E-state index in [1.807, 2.05) is 0 Å². The lowest BCUT2D eigenvalue weighted by Gasteiger charge is -2.62. The molecule has 24 heavy (non-hydrogen) atoms. The van der Waals surface area contributed by atoms with Crippen molar-refractivity contribution in [1.29, 1.82) is 0 Å². The van der Waals surface area contributed by atoms with E-state index in [2.05, 4.69) is 33.8 Å². The Morgan fingerprint density at radius 3 is 2.67 bits per heavy atom. The number of carbonyl (C=O) groups is 1. The molecule has 0 bridgehead atoms. The molecule has 0 amide bonds. The summed E-state index contributed by atoms with van der Waals surface area (Å²) in [6.07, 6.45) is 8.15. The highest BCUT2D eigenvalue weighted by Gasteiger charge is 2.60. The summed E-state index contributed by atoms with van der Waals surface area (Å²) in [7, 11) is 0. The number of hydrogen-bond donors (Lipinski definition) is 1. The molecule has 0 saturated heterocycles. The van der Waals surface area contributed by atoms with Gasteiger partial charge in [-0.25, -0.2) is 4.79 Å². The lowest BCUT2D eigenvalue weighted by Crippen LogP contribution is -2.59. The Morgan fingerprint density at radius 2 is 1.92 bits per heavy atom. The van der Waals surface area contributed by atoms with Gasteiger partial charge in [0.15, 0.2) is 0 Å². The molecule has 2 saturated carbocycles. The highest BCUT2D eigenvalue weighted by atomic mass is 16.6. The van der Waals surface area contributed by atoms with Gasteiger partial charge in [0, 0.05) is 5.92 Å². The first-order chi connectivity index (χ1) is 11.2. The molecule has 4 nitrogen and oxygen atoms in total. The molecule has 0 aromatic carbocycles. The maximum absolute atomic E-state index is 11.6. The van der Waals surface area contributed by atoms with Crippen LogP contribution in [0.25, 0.3) is 0 Å². The van der Waals surface area contributed by atoms with Crippen molar-refractivity contribution in [2.75, 3.05) is 0 Å². The predicted octanol–water partition coefficient (Wildman–Crippen LogP) is 3.70. The SMILES string of the molecule is CC1(C)CCC[C@]2(C)[C@@H]1CC[C@@]1(C)OC3=CC(=O)O[C@H](O)C3=C[C@@H]21. The predicted molar refractivity (Wildman–Crippen MR) is 89.7 cm³/mol. The third kappa shape index (κ3) is 2.11. The van der Waals surface area contributed by atoms with E-state index in [0.29, 0.717) is 22.7 Å². The van der Waals surface area contributed by atoms with Gasteiger partial charge in [-0.15, -0.1) is 0 Å². The summed E-state index contributed by atoms with van der Waals surface area (Å²) in [5.74, 6) is 0.832.